The van der Waals surface area contributed by atoms with Crippen LogP contribution in [0.4, 0.5) is 10.6 Å². The number of likely N-dealkylation sites (N-methyl/N-ethyl adjacent to an activating group) is 1. The number of aliphatic hydroxyl groups excluding tert-OH is 1. The van der Waals surface area contributed by atoms with Gasteiger partial charge in [0.1, 0.15) is 30.0 Å². The number of rotatable bonds is 10. The first-order chi connectivity index (χ1) is 18.7. The first-order valence-corrected chi connectivity index (χ1v) is 13.3. The molecule has 1 aliphatic heterocycles. The molecule has 1 aliphatic rings. The summed E-state index contributed by atoms with van der Waals surface area (Å²) in [5, 5.41) is 21.0. The zero-order valence-electron chi connectivity index (χ0n) is 22.9. The van der Waals surface area contributed by atoms with Gasteiger partial charge in [-0.25, -0.2) is 14.8 Å². The van der Waals surface area contributed by atoms with Crippen LogP contribution in [0.2, 0.25) is 5.02 Å². The highest BCUT2D eigenvalue weighted by Gasteiger charge is 2.29. The van der Waals surface area contributed by atoms with Crippen molar-refractivity contribution >= 4 is 23.5 Å². The van der Waals surface area contributed by atoms with Crippen LogP contribution in [0.15, 0.2) is 22.7 Å². The molecule has 3 heterocycles. The second-order valence-electron chi connectivity index (χ2n) is 9.51. The number of nitrogens with one attached hydrogen (secondary N) is 2. The molecular formula is C27H35ClN6O5. The van der Waals surface area contributed by atoms with Crippen LogP contribution in [0.5, 0.6) is 5.75 Å². The Morgan fingerprint density at radius 3 is 2.79 bits per heavy atom. The van der Waals surface area contributed by atoms with Crippen LogP contribution in [0, 0.1) is 20.8 Å². The number of aromatic nitrogens is 3. The molecule has 1 aromatic carbocycles. The summed E-state index contributed by atoms with van der Waals surface area (Å²) in [5.74, 6) is 2.19. The molecule has 210 valence electrons. The molecule has 3 N–H and O–H groups in total. The van der Waals surface area contributed by atoms with Crippen LogP contribution < -0.4 is 15.4 Å². The molecule has 0 bridgehead atoms. The highest BCUT2D eigenvalue weighted by molar-refractivity contribution is 6.33. The predicted molar refractivity (Wildman–Crippen MR) is 148 cm³/mol. The molecule has 0 unspecified atom stereocenters. The van der Waals surface area contributed by atoms with E-state index < -0.39 is 6.10 Å². The monoisotopic (exact) mass is 558 g/mol. The van der Waals surface area contributed by atoms with Crippen molar-refractivity contribution in [1.82, 2.24) is 25.3 Å². The molecule has 11 nitrogen and oxygen atoms in total. The molecule has 0 aliphatic carbocycles. The Hall–Kier alpha value is -3.41. The minimum Gasteiger partial charge on any atom is -0.491 e. The van der Waals surface area contributed by atoms with Crippen molar-refractivity contribution in [3.63, 3.8) is 0 Å². The Labute approximate surface area is 232 Å². The second kappa shape index (κ2) is 12.6. The van der Waals surface area contributed by atoms with Gasteiger partial charge in [-0.05, 0) is 59.4 Å². The number of ether oxygens (including phenoxy) is 2. The van der Waals surface area contributed by atoms with E-state index in [0.29, 0.717) is 71.4 Å². The number of likely N-dealkylation sites (tertiary alicyclic amines) is 1. The summed E-state index contributed by atoms with van der Waals surface area (Å²) in [6, 6.07) is 5.20. The van der Waals surface area contributed by atoms with Crippen molar-refractivity contribution in [2.45, 2.75) is 46.3 Å². The molecule has 1 saturated heterocycles. The van der Waals surface area contributed by atoms with Crippen molar-refractivity contribution < 1.29 is 23.9 Å². The van der Waals surface area contributed by atoms with Gasteiger partial charge >= 0.3 is 6.09 Å². The molecule has 0 radical (unpaired) electrons. The summed E-state index contributed by atoms with van der Waals surface area (Å²) in [6.07, 6.45) is -0.230. The summed E-state index contributed by atoms with van der Waals surface area (Å²) in [5.41, 5.74) is 3.57. The quantitative estimate of drug-likeness (QED) is 0.335. The number of aryl methyl sites for hydroxylation is 2. The summed E-state index contributed by atoms with van der Waals surface area (Å²) in [4.78, 5) is 23.7. The Bertz CT molecular complexity index is 1300. The number of carbonyl (C=O) groups is 1. The minimum atomic E-state index is -0.660. The number of hydrogen-bond donors (Lipinski definition) is 3. The van der Waals surface area contributed by atoms with Gasteiger partial charge in [0.2, 0.25) is 0 Å². The van der Waals surface area contributed by atoms with E-state index in [2.05, 4.69) is 15.8 Å². The zero-order chi connectivity index (χ0) is 28.1. The molecule has 1 fully saturated rings. The van der Waals surface area contributed by atoms with Crippen molar-refractivity contribution in [3.8, 4) is 28.4 Å². The van der Waals surface area contributed by atoms with Gasteiger partial charge in [-0.2, -0.15) is 0 Å². The lowest BCUT2D eigenvalue weighted by atomic mass is 10.0. The molecule has 1 amide bonds. The predicted octanol–water partition coefficient (Wildman–Crippen LogP) is 3.98. The smallest absolute Gasteiger partial charge is 0.409 e. The number of carbonyl (C=O) groups excluding carboxylic acids is 1. The van der Waals surface area contributed by atoms with E-state index in [-0.39, 0.29) is 18.7 Å². The largest absolute Gasteiger partial charge is 0.491 e. The van der Waals surface area contributed by atoms with E-state index >= 15 is 0 Å². The summed E-state index contributed by atoms with van der Waals surface area (Å²) in [6.45, 7) is 9.39. The number of amides is 1. The normalized spacial score (nSPS) is 15.9. The molecule has 0 spiro atoms. The van der Waals surface area contributed by atoms with E-state index in [1.807, 2.05) is 20.8 Å². The van der Waals surface area contributed by atoms with Crippen molar-refractivity contribution in [1.29, 1.82) is 0 Å². The number of anilines is 1. The Morgan fingerprint density at radius 1 is 1.31 bits per heavy atom. The van der Waals surface area contributed by atoms with Crippen LogP contribution in [0.3, 0.4) is 0 Å². The van der Waals surface area contributed by atoms with Crippen molar-refractivity contribution in [2.24, 2.45) is 0 Å². The van der Waals surface area contributed by atoms with Crippen molar-refractivity contribution in [3.05, 3.63) is 40.2 Å². The molecule has 2 aromatic heterocycles. The maximum Gasteiger partial charge on any atom is 0.409 e. The standard InChI is InChI=1S/C27H35ClN6O5/c1-6-37-27(36)34-10-9-18(13-34)30-25-15(2)24(23-16(3)33-39-17(23)4)31-26(32-25)21-11-20(7-8-22(21)28)38-14-19(35)12-29-5/h7-8,11,18-19,29,35H,6,9-10,12-14H2,1-5H3,(H,30,31,32)/t18-,19-/m1/s1. The highest BCUT2D eigenvalue weighted by atomic mass is 35.5. The molecular weight excluding hydrogens is 524 g/mol. The average Bonchev–Trinajstić information content (AvgIpc) is 3.51. The van der Waals surface area contributed by atoms with Gasteiger partial charge in [-0.1, -0.05) is 16.8 Å². The van der Waals surface area contributed by atoms with Crippen LogP contribution in [-0.4, -0.2) is 83.3 Å². The summed E-state index contributed by atoms with van der Waals surface area (Å²) in [7, 11) is 1.76. The second-order valence-corrected chi connectivity index (χ2v) is 9.91. The molecule has 2 atom stereocenters. The van der Waals surface area contributed by atoms with E-state index in [4.69, 9.17) is 35.6 Å². The first-order valence-electron chi connectivity index (χ1n) is 13.0. The molecule has 0 saturated carbocycles. The van der Waals surface area contributed by atoms with Gasteiger partial charge in [0.15, 0.2) is 5.82 Å². The van der Waals surface area contributed by atoms with Crippen LogP contribution in [0.1, 0.15) is 30.4 Å². The fourth-order valence-corrected chi connectivity index (χ4v) is 4.75. The van der Waals surface area contributed by atoms with Crippen molar-refractivity contribution in [2.75, 3.05) is 45.2 Å². The fourth-order valence-electron chi connectivity index (χ4n) is 4.55. The average molecular weight is 559 g/mol. The maximum atomic E-state index is 12.2. The molecule has 3 aromatic rings. The minimum absolute atomic E-state index is 0.0211. The third-order valence-corrected chi connectivity index (χ3v) is 6.86. The van der Waals surface area contributed by atoms with E-state index in [1.54, 1.807) is 37.1 Å². The van der Waals surface area contributed by atoms with Crippen LogP contribution in [0.25, 0.3) is 22.6 Å². The van der Waals surface area contributed by atoms with E-state index in [1.165, 1.54) is 0 Å². The van der Waals surface area contributed by atoms with Gasteiger partial charge in [-0.15, -0.1) is 0 Å². The van der Waals surface area contributed by atoms with Gasteiger partial charge in [0.05, 0.1) is 28.6 Å². The SMILES string of the molecule is CCOC(=O)N1CC[C@@H](Nc2nc(-c3cc(OC[C@H](O)CNC)ccc3Cl)nc(-c3c(C)noc3C)c2C)C1. The van der Waals surface area contributed by atoms with Gasteiger partial charge in [0.25, 0.3) is 0 Å². The third-order valence-electron chi connectivity index (χ3n) is 6.53. The van der Waals surface area contributed by atoms with Gasteiger partial charge < -0.3 is 34.6 Å². The lowest BCUT2D eigenvalue weighted by Crippen LogP contribution is -2.32. The fraction of sp³-hybridized carbons (Fsp3) is 0.481. The van der Waals surface area contributed by atoms with Crippen LogP contribution >= 0.6 is 11.6 Å². The highest BCUT2D eigenvalue weighted by Crippen LogP contribution is 2.36. The molecule has 4 rings (SSSR count). The topological polar surface area (TPSA) is 135 Å². The maximum absolute atomic E-state index is 12.2. The third kappa shape index (κ3) is 6.60. The number of nitrogens with zero attached hydrogens (tertiary/aromatic N) is 4. The van der Waals surface area contributed by atoms with Crippen LogP contribution in [-0.2, 0) is 4.74 Å². The molecule has 39 heavy (non-hydrogen) atoms. The van der Waals surface area contributed by atoms with E-state index in [9.17, 15) is 9.90 Å². The van der Waals surface area contributed by atoms with Gasteiger partial charge in [-0.3, -0.25) is 0 Å². The Balaban J connectivity index is 1.71. The zero-order valence-corrected chi connectivity index (χ0v) is 23.6. The molecule has 12 heteroatoms. The Kier molecular flexibility index (Phi) is 9.26. The summed E-state index contributed by atoms with van der Waals surface area (Å²) >= 11 is 6.62. The first kappa shape index (κ1) is 28.6. The number of benzene rings is 1. The Morgan fingerprint density at radius 2 is 2.10 bits per heavy atom. The van der Waals surface area contributed by atoms with E-state index in [0.717, 1.165) is 17.5 Å². The summed E-state index contributed by atoms with van der Waals surface area (Å²) < 4.78 is 16.4. The number of halogens is 1. The lowest BCUT2D eigenvalue weighted by molar-refractivity contribution is 0.108. The lowest BCUT2D eigenvalue weighted by Gasteiger charge is -2.19. The van der Waals surface area contributed by atoms with Gasteiger partial charge in [0, 0.05) is 36.8 Å². The number of hydrogen-bond acceptors (Lipinski definition) is 10. The number of aliphatic hydroxyl groups is 1.